The molecule has 2 aromatic rings. The number of nitrogens with zero attached hydrogens (tertiary/aromatic N) is 1. The Kier molecular flexibility index (Phi) is 3.03. The number of halogens is 1. The summed E-state index contributed by atoms with van der Waals surface area (Å²) < 4.78 is 0. The molecule has 0 heterocycles. The van der Waals surface area contributed by atoms with Crippen LogP contribution in [0.1, 0.15) is 11.1 Å². The second kappa shape index (κ2) is 4.48. The first-order valence-electron chi connectivity index (χ1n) is 5.11. The lowest BCUT2D eigenvalue weighted by Gasteiger charge is -2.06. The molecule has 17 heavy (non-hydrogen) atoms. The molecular formula is C14H10ClNO. The molecule has 0 fully saturated rings. The van der Waals surface area contributed by atoms with E-state index in [0.717, 1.165) is 16.7 Å². The third-order valence-electron chi connectivity index (χ3n) is 2.55. The molecule has 0 aliphatic carbocycles. The average molecular weight is 244 g/mol. The topological polar surface area (TPSA) is 44.0 Å². The first kappa shape index (κ1) is 11.5. The van der Waals surface area contributed by atoms with Crippen LogP contribution in [0.2, 0.25) is 5.02 Å². The molecule has 0 unspecified atom stereocenters. The van der Waals surface area contributed by atoms with Crippen LogP contribution < -0.4 is 0 Å². The molecule has 0 aromatic heterocycles. The van der Waals surface area contributed by atoms with Gasteiger partial charge >= 0.3 is 0 Å². The fourth-order valence-electron chi connectivity index (χ4n) is 1.65. The van der Waals surface area contributed by atoms with Crippen LogP contribution in [0.15, 0.2) is 36.4 Å². The molecule has 2 aromatic carbocycles. The van der Waals surface area contributed by atoms with Crippen LogP contribution in [0.3, 0.4) is 0 Å². The highest BCUT2D eigenvalue weighted by atomic mass is 35.5. The van der Waals surface area contributed by atoms with Crippen molar-refractivity contribution in [2.45, 2.75) is 6.92 Å². The van der Waals surface area contributed by atoms with Crippen LogP contribution in [-0.4, -0.2) is 5.11 Å². The van der Waals surface area contributed by atoms with Gasteiger partial charge < -0.3 is 5.11 Å². The maximum absolute atomic E-state index is 9.44. The molecule has 3 heteroatoms. The van der Waals surface area contributed by atoms with Gasteiger partial charge in [-0.3, -0.25) is 0 Å². The second-order valence-corrected chi connectivity index (χ2v) is 4.23. The van der Waals surface area contributed by atoms with Crippen LogP contribution in [0.25, 0.3) is 11.1 Å². The molecule has 0 atom stereocenters. The molecule has 84 valence electrons. The van der Waals surface area contributed by atoms with Gasteiger partial charge in [-0.1, -0.05) is 29.8 Å². The molecule has 0 saturated heterocycles. The molecule has 2 nitrogen and oxygen atoms in total. The largest absolute Gasteiger partial charge is 0.507 e. The van der Waals surface area contributed by atoms with E-state index in [9.17, 15) is 5.11 Å². The second-order valence-electron chi connectivity index (χ2n) is 3.83. The quantitative estimate of drug-likeness (QED) is 0.826. The third-order valence-corrected chi connectivity index (χ3v) is 2.87. The molecule has 0 radical (unpaired) electrons. The van der Waals surface area contributed by atoms with E-state index in [0.29, 0.717) is 5.02 Å². The first-order valence-corrected chi connectivity index (χ1v) is 5.49. The Labute approximate surface area is 105 Å². The van der Waals surface area contributed by atoms with Gasteiger partial charge in [-0.05, 0) is 36.2 Å². The monoisotopic (exact) mass is 243 g/mol. The summed E-state index contributed by atoms with van der Waals surface area (Å²) in [4.78, 5) is 0. The van der Waals surface area contributed by atoms with Gasteiger partial charge in [0.2, 0.25) is 0 Å². The summed E-state index contributed by atoms with van der Waals surface area (Å²) in [5.41, 5.74) is 3.01. The summed E-state index contributed by atoms with van der Waals surface area (Å²) in [6.07, 6.45) is 0. The number of benzene rings is 2. The summed E-state index contributed by atoms with van der Waals surface area (Å²) >= 11 is 6.15. The van der Waals surface area contributed by atoms with Crippen LogP contribution in [0.5, 0.6) is 5.75 Å². The molecule has 0 amide bonds. The van der Waals surface area contributed by atoms with Crippen LogP contribution >= 0.6 is 11.6 Å². The van der Waals surface area contributed by atoms with Crippen molar-refractivity contribution >= 4 is 11.6 Å². The fraction of sp³-hybridized carbons (Fsp3) is 0.0714. The third kappa shape index (κ3) is 2.25. The standard InChI is InChI=1S/C14H10ClNO/c1-9-2-4-12(13(15)6-9)10-3-5-14(17)11(7-10)8-16/h2-7,17H,1H3. The van der Waals surface area contributed by atoms with Gasteiger partial charge in [-0.25, -0.2) is 0 Å². The van der Waals surface area contributed by atoms with E-state index in [2.05, 4.69) is 0 Å². The van der Waals surface area contributed by atoms with E-state index >= 15 is 0 Å². The van der Waals surface area contributed by atoms with Crippen molar-refractivity contribution in [3.63, 3.8) is 0 Å². The number of aryl methyl sites for hydroxylation is 1. The van der Waals surface area contributed by atoms with Crippen molar-refractivity contribution in [1.29, 1.82) is 5.26 Å². The minimum Gasteiger partial charge on any atom is -0.507 e. The lowest BCUT2D eigenvalue weighted by Crippen LogP contribution is -1.84. The predicted octanol–water partition coefficient (Wildman–Crippen LogP) is 3.89. The molecular weight excluding hydrogens is 234 g/mol. The minimum absolute atomic E-state index is 0.0144. The average Bonchev–Trinajstić information content (AvgIpc) is 2.30. The van der Waals surface area contributed by atoms with E-state index < -0.39 is 0 Å². The molecule has 2 rings (SSSR count). The van der Waals surface area contributed by atoms with E-state index in [1.54, 1.807) is 12.1 Å². The zero-order valence-corrected chi connectivity index (χ0v) is 9.99. The molecule has 0 saturated carbocycles. The zero-order valence-electron chi connectivity index (χ0n) is 9.24. The highest BCUT2D eigenvalue weighted by Crippen LogP contribution is 2.31. The van der Waals surface area contributed by atoms with Crippen molar-refractivity contribution in [2.75, 3.05) is 0 Å². The fourth-order valence-corrected chi connectivity index (χ4v) is 1.99. The predicted molar refractivity (Wildman–Crippen MR) is 68.0 cm³/mol. The lowest BCUT2D eigenvalue weighted by atomic mass is 10.0. The smallest absolute Gasteiger partial charge is 0.133 e. The van der Waals surface area contributed by atoms with Crippen molar-refractivity contribution in [3.05, 3.63) is 52.5 Å². The number of phenols is 1. The number of hydrogen-bond acceptors (Lipinski definition) is 2. The Balaban J connectivity index is 2.58. The van der Waals surface area contributed by atoms with Crippen molar-refractivity contribution in [1.82, 2.24) is 0 Å². The normalized spacial score (nSPS) is 9.94. The molecule has 1 N–H and O–H groups in total. The number of phenolic OH excluding ortho intramolecular Hbond substituents is 1. The highest BCUT2D eigenvalue weighted by molar-refractivity contribution is 6.33. The Morgan fingerprint density at radius 1 is 1.18 bits per heavy atom. The lowest BCUT2D eigenvalue weighted by molar-refractivity contribution is 0.473. The van der Waals surface area contributed by atoms with Gasteiger partial charge in [0, 0.05) is 10.6 Å². The van der Waals surface area contributed by atoms with Crippen molar-refractivity contribution in [2.24, 2.45) is 0 Å². The number of hydrogen-bond donors (Lipinski definition) is 1. The van der Waals surface area contributed by atoms with Gasteiger partial charge in [0.25, 0.3) is 0 Å². The van der Waals surface area contributed by atoms with E-state index in [1.807, 2.05) is 31.2 Å². The van der Waals surface area contributed by atoms with Crippen LogP contribution in [0, 0.1) is 18.3 Å². The Hall–Kier alpha value is -1.98. The first-order chi connectivity index (χ1) is 8.11. The van der Waals surface area contributed by atoms with E-state index in [-0.39, 0.29) is 11.3 Å². The van der Waals surface area contributed by atoms with Crippen LogP contribution in [0.4, 0.5) is 0 Å². The van der Waals surface area contributed by atoms with Crippen molar-refractivity contribution in [3.8, 4) is 22.9 Å². The van der Waals surface area contributed by atoms with Gasteiger partial charge in [-0.15, -0.1) is 0 Å². The number of aromatic hydroxyl groups is 1. The van der Waals surface area contributed by atoms with Gasteiger partial charge in [0.1, 0.15) is 11.8 Å². The minimum atomic E-state index is -0.0144. The Morgan fingerprint density at radius 3 is 2.59 bits per heavy atom. The molecule has 0 bridgehead atoms. The van der Waals surface area contributed by atoms with Gasteiger partial charge in [0.05, 0.1) is 5.56 Å². The molecule has 0 spiro atoms. The number of rotatable bonds is 1. The van der Waals surface area contributed by atoms with Gasteiger partial charge in [-0.2, -0.15) is 5.26 Å². The summed E-state index contributed by atoms with van der Waals surface area (Å²) in [6, 6.07) is 12.6. The Bertz CT molecular complexity index is 614. The molecule has 0 aliphatic rings. The van der Waals surface area contributed by atoms with E-state index in [4.69, 9.17) is 16.9 Å². The van der Waals surface area contributed by atoms with E-state index in [1.165, 1.54) is 6.07 Å². The summed E-state index contributed by atoms with van der Waals surface area (Å²) in [5.74, 6) is -0.0144. The molecule has 0 aliphatic heterocycles. The Morgan fingerprint density at radius 2 is 1.94 bits per heavy atom. The van der Waals surface area contributed by atoms with Gasteiger partial charge in [0.15, 0.2) is 0 Å². The number of nitriles is 1. The van der Waals surface area contributed by atoms with Crippen molar-refractivity contribution < 1.29 is 5.11 Å². The van der Waals surface area contributed by atoms with Crippen LogP contribution in [-0.2, 0) is 0 Å². The summed E-state index contributed by atoms with van der Waals surface area (Å²) in [5, 5.41) is 18.9. The summed E-state index contributed by atoms with van der Waals surface area (Å²) in [6.45, 7) is 1.97. The SMILES string of the molecule is Cc1ccc(-c2ccc(O)c(C#N)c2)c(Cl)c1. The maximum Gasteiger partial charge on any atom is 0.133 e. The maximum atomic E-state index is 9.44. The highest BCUT2D eigenvalue weighted by Gasteiger charge is 2.07. The zero-order chi connectivity index (χ0) is 12.4. The summed E-state index contributed by atoms with van der Waals surface area (Å²) in [7, 11) is 0.